The van der Waals surface area contributed by atoms with Gasteiger partial charge in [0.15, 0.2) is 0 Å². The van der Waals surface area contributed by atoms with E-state index in [0.717, 1.165) is 11.8 Å². The van der Waals surface area contributed by atoms with E-state index in [1.165, 1.54) is 18.6 Å². The highest BCUT2D eigenvalue weighted by Crippen LogP contribution is 2.32. The summed E-state index contributed by atoms with van der Waals surface area (Å²) < 4.78 is 5.34. The molecular weight excluding hydrogens is 148 g/mol. The zero-order chi connectivity index (χ0) is 9.14. The lowest BCUT2D eigenvalue weighted by Crippen LogP contribution is -2.16. The molecular formula is C11H20O. The van der Waals surface area contributed by atoms with E-state index in [1.54, 1.807) is 7.11 Å². The highest BCUT2D eigenvalue weighted by Gasteiger charge is 2.21. The van der Waals surface area contributed by atoms with Crippen molar-refractivity contribution in [3.8, 4) is 0 Å². The Morgan fingerprint density at radius 3 is 2.58 bits per heavy atom. The van der Waals surface area contributed by atoms with E-state index in [1.807, 2.05) is 0 Å². The van der Waals surface area contributed by atoms with Gasteiger partial charge in [-0.2, -0.15) is 0 Å². The van der Waals surface area contributed by atoms with E-state index in [-0.39, 0.29) is 0 Å². The van der Waals surface area contributed by atoms with Crippen molar-refractivity contribution in [3.63, 3.8) is 0 Å². The van der Waals surface area contributed by atoms with Crippen LogP contribution in [0, 0.1) is 17.8 Å². The van der Waals surface area contributed by atoms with Crippen molar-refractivity contribution >= 4 is 0 Å². The molecule has 0 amide bonds. The highest BCUT2D eigenvalue weighted by molar-refractivity contribution is 5.05. The molecule has 0 bridgehead atoms. The second kappa shape index (κ2) is 3.97. The predicted octanol–water partition coefficient (Wildman–Crippen LogP) is 3.22. The molecule has 1 aliphatic rings. The van der Waals surface area contributed by atoms with Crippen LogP contribution in [-0.4, -0.2) is 7.11 Å². The Labute approximate surface area is 75.8 Å². The summed E-state index contributed by atoms with van der Waals surface area (Å²) in [5.41, 5.74) is 0. The minimum Gasteiger partial charge on any atom is -0.501 e. The average Bonchev–Trinajstić information content (AvgIpc) is 2.05. The van der Waals surface area contributed by atoms with Crippen molar-refractivity contribution in [1.29, 1.82) is 0 Å². The van der Waals surface area contributed by atoms with Crippen molar-refractivity contribution in [1.82, 2.24) is 0 Å². The first kappa shape index (κ1) is 9.63. The summed E-state index contributed by atoms with van der Waals surface area (Å²) >= 11 is 0. The number of allylic oxidation sites excluding steroid dienone is 2. The molecule has 0 fully saturated rings. The second-order valence-electron chi connectivity index (χ2n) is 4.16. The third-order valence-corrected chi connectivity index (χ3v) is 2.89. The maximum atomic E-state index is 5.34. The van der Waals surface area contributed by atoms with Gasteiger partial charge in [-0.1, -0.05) is 20.8 Å². The number of hydrogen-bond acceptors (Lipinski definition) is 1. The number of methoxy groups -OCH3 is 1. The van der Waals surface area contributed by atoms with Gasteiger partial charge in [-0.3, -0.25) is 0 Å². The lowest BCUT2D eigenvalue weighted by atomic mass is 9.82. The average molecular weight is 168 g/mol. The summed E-state index contributed by atoms with van der Waals surface area (Å²) in [6, 6.07) is 0. The van der Waals surface area contributed by atoms with E-state index in [4.69, 9.17) is 4.74 Å². The topological polar surface area (TPSA) is 9.23 Å². The third kappa shape index (κ3) is 2.02. The van der Waals surface area contributed by atoms with Crippen LogP contribution in [0.1, 0.15) is 33.6 Å². The van der Waals surface area contributed by atoms with Gasteiger partial charge < -0.3 is 4.74 Å². The van der Waals surface area contributed by atoms with Crippen molar-refractivity contribution in [3.05, 3.63) is 11.8 Å². The molecule has 0 saturated heterocycles. The molecule has 70 valence electrons. The van der Waals surface area contributed by atoms with E-state index >= 15 is 0 Å². The molecule has 2 unspecified atom stereocenters. The minimum atomic E-state index is 0.630. The molecule has 0 aromatic rings. The van der Waals surface area contributed by atoms with Gasteiger partial charge in [0.25, 0.3) is 0 Å². The van der Waals surface area contributed by atoms with Crippen LogP contribution < -0.4 is 0 Å². The molecule has 0 aromatic heterocycles. The lowest BCUT2D eigenvalue weighted by Gasteiger charge is -2.27. The van der Waals surface area contributed by atoms with Crippen LogP contribution in [0.15, 0.2) is 11.8 Å². The van der Waals surface area contributed by atoms with Crippen LogP contribution in [0.3, 0.4) is 0 Å². The van der Waals surface area contributed by atoms with Crippen LogP contribution >= 0.6 is 0 Å². The standard InChI is InChI=1S/C11H20O/c1-8(2)10-6-5-9(3)11(7-10)12-4/h7-10H,5-6H2,1-4H3. The molecule has 1 rings (SSSR count). The SMILES string of the molecule is COC1=CC(C(C)C)CCC1C. The van der Waals surface area contributed by atoms with Gasteiger partial charge in [-0.15, -0.1) is 0 Å². The largest absolute Gasteiger partial charge is 0.501 e. The second-order valence-corrected chi connectivity index (χ2v) is 4.16. The first-order valence-corrected chi connectivity index (χ1v) is 4.90. The molecule has 2 atom stereocenters. The summed E-state index contributed by atoms with van der Waals surface area (Å²) in [7, 11) is 1.78. The Morgan fingerprint density at radius 1 is 1.42 bits per heavy atom. The first-order valence-electron chi connectivity index (χ1n) is 4.90. The van der Waals surface area contributed by atoms with E-state index in [2.05, 4.69) is 26.8 Å². The first-order chi connectivity index (χ1) is 5.65. The molecule has 0 radical (unpaired) electrons. The zero-order valence-corrected chi connectivity index (χ0v) is 8.63. The Balaban J connectivity index is 2.66. The van der Waals surface area contributed by atoms with E-state index in [0.29, 0.717) is 5.92 Å². The smallest absolute Gasteiger partial charge is 0.0946 e. The number of rotatable bonds is 2. The third-order valence-electron chi connectivity index (χ3n) is 2.89. The summed E-state index contributed by atoms with van der Waals surface area (Å²) in [6.45, 7) is 6.81. The summed E-state index contributed by atoms with van der Waals surface area (Å²) in [4.78, 5) is 0. The normalized spacial score (nSPS) is 30.2. The Morgan fingerprint density at radius 2 is 2.08 bits per heavy atom. The quantitative estimate of drug-likeness (QED) is 0.615. The van der Waals surface area contributed by atoms with Crippen LogP contribution in [0.2, 0.25) is 0 Å². The summed E-state index contributed by atoms with van der Waals surface area (Å²) in [6.07, 6.45) is 4.92. The maximum Gasteiger partial charge on any atom is 0.0946 e. The van der Waals surface area contributed by atoms with Gasteiger partial charge in [0.2, 0.25) is 0 Å². The Hall–Kier alpha value is -0.460. The van der Waals surface area contributed by atoms with E-state index < -0.39 is 0 Å². The molecule has 1 heteroatoms. The van der Waals surface area contributed by atoms with Gasteiger partial charge in [0.1, 0.15) is 0 Å². The molecule has 0 saturated carbocycles. The van der Waals surface area contributed by atoms with Crippen molar-refractivity contribution in [2.75, 3.05) is 7.11 Å². The van der Waals surface area contributed by atoms with Crippen molar-refractivity contribution < 1.29 is 4.74 Å². The molecule has 0 aliphatic heterocycles. The fourth-order valence-corrected chi connectivity index (χ4v) is 1.84. The molecule has 1 aliphatic carbocycles. The van der Waals surface area contributed by atoms with Crippen molar-refractivity contribution in [2.24, 2.45) is 17.8 Å². The Kier molecular flexibility index (Phi) is 3.19. The fraction of sp³-hybridized carbons (Fsp3) is 0.818. The minimum absolute atomic E-state index is 0.630. The highest BCUT2D eigenvalue weighted by atomic mass is 16.5. The fourth-order valence-electron chi connectivity index (χ4n) is 1.84. The van der Waals surface area contributed by atoms with Crippen LogP contribution in [0.4, 0.5) is 0 Å². The van der Waals surface area contributed by atoms with Crippen molar-refractivity contribution in [2.45, 2.75) is 33.6 Å². The molecule has 0 aromatic carbocycles. The number of ether oxygens (including phenoxy) is 1. The van der Waals surface area contributed by atoms with Gasteiger partial charge >= 0.3 is 0 Å². The van der Waals surface area contributed by atoms with Crippen LogP contribution in [0.25, 0.3) is 0 Å². The van der Waals surface area contributed by atoms with Crippen LogP contribution in [0.5, 0.6) is 0 Å². The predicted molar refractivity (Wildman–Crippen MR) is 51.8 cm³/mol. The molecule has 0 heterocycles. The summed E-state index contributed by atoms with van der Waals surface area (Å²) in [5.74, 6) is 3.31. The van der Waals surface area contributed by atoms with Gasteiger partial charge in [-0.25, -0.2) is 0 Å². The monoisotopic (exact) mass is 168 g/mol. The molecule has 12 heavy (non-hydrogen) atoms. The van der Waals surface area contributed by atoms with Gasteiger partial charge in [0.05, 0.1) is 12.9 Å². The number of hydrogen-bond donors (Lipinski definition) is 0. The van der Waals surface area contributed by atoms with E-state index in [9.17, 15) is 0 Å². The molecule has 1 nitrogen and oxygen atoms in total. The Bertz CT molecular complexity index is 170. The van der Waals surface area contributed by atoms with Gasteiger partial charge in [0, 0.05) is 5.92 Å². The maximum absolute atomic E-state index is 5.34. The zero-order valence-electron chi connectivity index (χ0n) is 8.63. The summed E-state index contributed by atoms with van der Waals surface area (Å²) in [5, 5.41) is 0. The van der Waals surface area contributed by atoms with Crippen LogP contribution in [-0.2, 0) is 4.74 Å². The van der Waals surface area contributed by atoms with Gasteiger partial charge in [-0.05, 0) is 30.8 Å². The lowest BCUT2D eigenvalue weighted by molar-refractivity contribution is 0.211. The molecule has 0 N–H and O–H groups in total. The molecule has 0 spiro atoms.